The molecule has 1 fully saturated rings. The number of hydrogen-bond acceptors (Lipinski definition) is 3. The van der Waals surface area contributed by atoms with Crippen LogP contribution in [0.3, 0.4) is 0 Å². The van der Waals surface area contributed by atoms with Crippen molar-refractivity contribution in [2.45, 2.75) is 26.3 Å². The predicted octanol–water partition coefficient (Wildman–Crippen LogP) is 3.63. The molecular weight excluding hydrogens is 290 g/mol. The van der Waals surface area contributed by atoms with Crippen molar-refractivity contribution in [3.63, 3.8) is 0 Å². The Hall–Kier alpha value is -1.16. The smallest absolute Gasteiger partial charge is 0.112 e. The van der Waals surface area contributed by atoms with Crippen LogP contribution in [0.15, 0.2) is 29.0 Å². The second-order valence-electron chi connectivity index (χ2n) is 5.05. The van der Waals surface area contributed by atoms with Gasteiger partial charge in [-0.3, -0.25) is 9.97 Å². The summed E-state index contributed by atoms with van der Waals surface area (Å²) in [7, 11) is 0. The minimum Gasteiger partial charge on any atom is -0.367 e. The molecule has 3 nitrogen and oxygen atoms in total. The Bertz CT molecular complexity index is 584. The molecule has 2 atom stereocenters. The third kappa shape index (κ3) is 1.88. The molecule has 0 spiro atoms. The number of aromatic nitrogens is 2. The fraction of sp³-hybridized carbons (Fsp3) is 0.429. The molecule has 18 heavy (non-hydrogen) atoms. The third-order valence-electron chi connectivity index (χ3n) is 3.97. The van der Waals surface area contributed by atoms with E-state index in [1.165, 1.54) is 12.1 Å². The van der Waals surface area contributed by atoms with Crippen LogP contribution in [0.5, 0.6) is 0 Å². The average Bonchev–Trinajstić information content (AvgIpc) is 2.69. The van der Waals surface area contributed by atoms with Crippen molar-refractivity contribution in [2.24, 2.45) is 5.92 Å². The normalized spacial score (nSPS) is 23.8. The first-order valence-electron chi connectivity index (χ1n) is 6.33. The van der Waals surface area contributed by atoms with Crippen LogP contribution in [0.25, 0.3) is 11.0 Å². The molecule has 0 bridgehead atoms. The Morgan fingerprint density at radius 2 is 2.17 bits per heavy atom. The largest absolute Gasteiger partial charge is 0.367 e. The third-order valence-corrected chi connectivity index (χ3v) is 4.41. The first-order chi connectivity index (χ1) is 8.66. The molecule has 1 saturated heterocycles. The molecule has 0 N–H and O–H groups in total. The van der Waals surface area contributed by atoms with Crippen molar-refractivity contribution < 1.29 is 0 Å². The summed E-state index contributed by atoms with van der Waals surface area (Å²) in [5.74, 6) is 0.740. The number of rotatable bonds is 1. The zero-order valence-electron chi connectivity index (χ0n) is 10.6. The monoisotopic (exact) mass is 305 g/mol. The van der Waals surface area contributed by atoms with Gasteiger partial charge < -0.3 is 4.90 Å². The zero-order chi connectivity index (χ0) is 12.7. The zero-order valence-corrected chi connectivity index (χ0v) is 12.2. The van der Waals surface area contributed by atoms with Gasteiger partial charge in [0.05, 0.1) is 11.2 Å². The van der Waals surface area contributed by atoms with E-state index in [-0.39, 0.29) is 0 Å². The highest BCUT2D eigenvalue weighted by Gasteiger charge is 2.28. The highest BCUT2D eigenvalue weighted by Crippen LogP contribution is 2.33. The van der Waals surface area contributed by atoms with Gasteiger partial charge in [0.15, 0.2) is 0 Å². The van der Waals surface area contributed by atoms with Gasteiger partial charge in [0.25, 0.3) is 0 Å². The van der Waals surface area contributed by atoms with E-state index in [0.29, 0.717) is 6.04 Å². The van der Waals surface area contributed by atoms with E-state index in [1.54, 1.807) is 0 Å². The minimum absolute atomic E-state index is 0.570. The second-order valence-corrected chi connectivity index (χ2v) is 5.97. The van der Waals surface area contributed by atoms with Gasteiger partial charge in [-0.2, -0.15) is 0 Å². The molecule has 3 heterocycles. The van der Waals surface area contributed by atoms with Gasteiger partial charge >= 0.3 is 0 Å². The highest BCUT2D eigenvalue weighted by molar-refractivity contribution is 9.10. The maximum absolute atomic E-state index is 4.53. The Balaban J connectivity index is 2.12. The Morgan fingerprint density at radius 3 is 2.89 bits per heavy atom. The summed E-state index contributed by atoms with van der Waals surface area (Å²) in [4.78, 5) is 11.4. The molecule has 1 aliphatic heterocycles. The lowest BCUT2D eigenvalue weighted by molar-refractivity contribution is 0.546. The second kappa shape index (κ2) is 4.50. The van der Waals surface area contributed by atoms with Crippen LogP contribution in [-0.4, -0.2) is 22.6 Å². The lowest BCUT2D eigenvalue weighted by Crippen LogP contribution is -2.29. The minimum atomic E-state index is 0.570. The maximum Gasteiger partial charge on any atom is 0.112 e. The molecule has 1 aliphatic rings. The van der Waals surface area contributed by atoms with E-state index < -0.39 is 0 Å². The number of fused-ring (bicyclic) bond motifs is 1. The number of halogens is 1. The topological polar surface area (TPSA) is 29.0 Å². The molecule has 94 valence electrons. The van der Waals surface area contributed by atoms with Crippen LogP contribution in [-0.2, 0) is 0 Å². The van der Waals surface area contributed by atoms with E-state index in [1.807, 2.05) is 18.5 Å². The first kappa shape index (κ1) is 11.9. The molecule has 4 heteroatoms. The lowest BCUT2D eigenvalue weighted by Gasteiger charge is -2.26. The van der Waals surface area contributed by atoms with E-state index >= 15 is 0 Å². The van der Waals surface area contributed by atoms with Crippen molar-refractivity contribution in [1.29, 1.82) is 0 Å². The number of anilines is 1. The standard InChI is InChI=1S/C14H16BrN3/c1-9-4-6-18(10(9)2)13-3-5-16-12-7-11(15)8-17-14(12)13/h3,5,7-10H,4,6H2,1-2H3. The van der Waals surface area contributed by atoms with Gasteiger partial charge in [0.2, 0.25) is 0 Å². The van der Waals surface area contributed by atoms with Crippen LogP contribution >= 0.6 is 15.9 Å². The van der Waals surface area contributed by atoms with E-state index in [0.717, 1.165) is 28.0 Å². The molecular formula is C14H16BrN3. The quantitative estimate of drug-likeness (QED) is 0.805. The number of pyridine rings is 2. The number of nitrogens with zero attached hydrogens (tertiary/aromatic N) is 3. The first-order valence-corrected chi connectivity index (χ1v) is 7.13. The predicted molar refractivity (Wildman–Crippen MR) is 77.8 cm³/mol. The summed E-state index contributed by atoms with van der Waals surface area (Å²) in [5.41, 5.74) is 3.17. The summed E-state index contributed by atoms with van der Waals surface area (Å²) in [6.07, 6.45) is 4.97. The van der Waals surface area contributed by atoms with E-state index in [4.69, 9.17) is 0 Å². The molecule has 0 aliphatic carbocycles. The van der Waals surface area contributed by atoms with E-state index in [2.05, 4.69) is 50.7 Å². The fourth-order valence-electron chi connectivity index (χ4n) is 2.66. The van der Waals surface area contributed by atoms with Crippen LogP contribution in [0.1, 0.15) is 20.3 Å². The molecule has 0 amide bonds. The molecule has 3 rings (SSSR count). The summed E-state index contributed by atoms with van der Waals surface area (Å²) in [5, 5.41) is 0. The Labute approximate surface area is 115 Å². The molecule has 2 aromatic heterocycles. The Morgan fingerprint density at radius 1 is 1.33 bits per heavy atom. The van der Waals surface area contributed by atoms with Gasteiger partial charge in [0, 0.05) is 29.5 Å². The van der Waals surface area contributed by atoms with Gasteiger partial charge in [-0.05, 0) is 47.3 Å². The SMILES string of the molecule is CC1CCN(c2ccnc3cc(Br)cnc23)C1C. The van der Waals surface area contributed by atoms with Crippen LogP contribution in [0.2, 0.25) is 0 Å². The van der Waals surface area contributed by atoms with Crippen molar-refractivity contribution in [2.75, 3.05) is 11.4 Å². The maximum atomic E-state index is 4.53. The molecule has 0 saturated carbocycles. The van der Waals surface area contributed by atoms with Gasteiger partial charge in [0.1, 0.15) is 5.52 Å². The van der Waals surface area contributed by atoms with Crippen LogP contribution in [0, 0.1) is 5.92 Å². The van der Waals surface area contributed by atoms with Crippen LogP contribution < -0.4 is 4.90 Å². The van der Waals surface area contributed by atoms with Gasteiger partial charge in [-0.25, -0.2) is 0 Å². The van der Waals surface area contributed by atoms with Crippen molar-refractivity contribution >= 4 is 32.7 Å². The van der Waals surface area contributed by atoms with Gasteiger partial charge in [-0.15, -0.1) is 0 Å². The van der Waals surface area contributed by atoms with Crippen molar-refractivity contribution in [1.82, 2.24) is 9.97 Å². The lowest BCUT2D eigenvalue weighted by atomic mass is 10.1. The van der Waals surface area contributed by atoms with Crippen LogP contribution in [0.4, 0.5) is 5.69 Å². The van der Waals surface area contributed by atoms with Crippen molar-refractivity contribution in [3.05, 3.63) is 29.0 Å². The molecule has 2 aromatic rings. The fourth-order valence-corrected chi connectivity index (χ4v) is 2.98. The molecule has 0 aromatic carbocycles. The van der Waals surface area contributed by atoms with Gasteiger partial charge in [-0.1, -0.05) is 6.92 Å². The average molecular weight is 306 g/mol. The summed E-state index contributed by atoms with van der Waals surface area (Å²) < 4.78 is 0.975. The van der Waals surface area contributed by atoms with E-state index in [9.17, 15) is 0 Å². The molecule has 2 unspecified atom stereocenters. The number of hydrogen-bond donors (Lipinski definition) is 0. The summed E-state index contributed by atoms with van der Waals surface area (Å²) in [6, 6.07) is 4.68. The summed E-state index contributed by atoms with van der Waals surface area (Å²) in [6.45, 7) is 5.72. The van der Waals surface area contributed by atoms with Crippen molar-refractivity contribution in [3.8, 4) is 0 Å². The molecule has 0 radical (unpaired) electrons. The highest BCUT2D eigenvalue weighted by atomic mass is 79.9. The Kier molecular flexibility index (Phi) is 2.98. The summed E-state index contributed by atoms with van der Waals surface area (Å²) >= 11 is 3.45.